The minimum Gasteiger partial charge on any atom is -0.382 e. The summed E-state index contributed by atoms with van der Waals surface area (Å²) in [4.78, 5) is 2.57. The molecule has 0 spiro atoms. The topological polar surface area (TPSA) is 57.9 Å². The Hall–Kier alpha value is -1.03. The van der Waals surface area contributed by atoms with Crippen molar-refractivity contribution in [1.82, 2.24) is 15.1 Å². The van der Waals surface area contributed by atoms with Gasteiger partial charge >= 0.3 is 0 Å². The van der Waals surface area contributed by atoms with Gasteiger partial charge in [-0.1, -0.05) is 6.92 Å². The lowest BCUT2D eigenvalue weighted by Gasteiger charge is -2.22. The molecule has 1 aliphatic heterocycles. The summed E-state index contributed by atoms with van der Waals surface area (Å²) in [5.74, 6) is 0.696. The molecule has 0 amide bonds. The number of H-pyrrole nitrogens is 1. The third kappa shape index (κ3) is 1.00. The molecule has 2 aliphatic rings. The Kier molecular flexibility index (Phi) is 1.62. The highest BCUT2D eigenvalue weighted by Crippen LogP contribution is 2.43. The molecule has 1 fully saturated rings. The number of nitrogens with two attached hydrogens (primary N) is 1. The van der Waals surface area contributed by atoms with Crippen LogP contribution in [0.2, 0.25) is 0 Å². The number of nitrogen functional groups attached to an aromatic ring is 1. The Balaban J connectivity index is 1.96. The fraction of sp³-hybridized carbons (Fsp3) is 0.700. The van der Waals surface area contributed by atoms with E-state index in [1.54, 1.807) is 0 Å². The van der Waals surface area contributed by atoms with Gasteiger partial charge in [-0.3, -0.25) is 10.00 Å². The van der Waals surface area contributed by atoms with E-state index in [9.17, 15) is 0 Å². The summed E-state index contributed by atoms with van der Waals surface area (Å²) in [5.41, 5.74) is 8.32. The van der Waals surface area contributed by atoms with Gasteiger partial charge in [0.15, 0.2) is 0 Å². The molecule has 1 aromatic heterocycles. The number of nitrogens with zero attached hydrogens (tertiary/aromatic N) is 2. The minimum absolute atomic E-state index is 0.530. The van der Waals surface area contributed by atoms with Gasteiger partial charge in [0.1, 0.15) is 5.82 Å². The predicted molar refractivity (Wildman–Crippen MR) is 54.6 cm³/mol. The number of fused-ring (bicyclic) bond motifs is 1. The third-order valence-electron chi connectivity index (χ3n) is 3.41. The van der Waals surface area contributed by atoms with E-state index in [-0.39, 0.29) is 0 Å². The first kappa shape index (κ1) is 8.29. The van der Waals surface area contributed by atoms with Gasteiger partial charge in [0.25, 0.3) is 0 Å². The maximum Gasteiger partial charge on any atom is 0.150 e. The summed E-state index contributed by atoms with van der Waals surface area (Å²) >= 11 is 0. The first-order valence-corrected chi connectivity index (χ1v) is 5.39. The van der Waals surface area contributed by atoms with Crippen LogP contribution in [0, 0.1) is 0 Å². The smallest absolute Gasteiger partial charge is 0.150 e. The summed E-state index contributed by atoms with van der Waals surface area (Å²) in [6.45, 7) is 3.23. The predicted octanol–water partition coefficient (Wildman–Crippen LogP) is 1.42. The second-order valence-corrected chi connectivity index (χ2v) is 4.33. The quantitative estimate of drug-likeness (QED) is 0.745. The zero-order chi connectivity index (χ0) is 9.71. The Morgan fingerprint density at radius 3 is 3.00 bits per heavy atom. The van der Waals surface area contributed by atoms with Crippen LogP contribution in [0.3, 0.4) is 0 Å². The van der Waals surface area contributed by atoms with Crippen molar-refractivity contribution in [3.63, 3.8) is 0 Å². The first-order valence-electron chi connectivity index (χ1n) is 5.39. The normalized spacial score (nSPS) is 26.8. The van der Waals surface area contributed by atoms with Gasteiger partial charge < -0.3 is 5.73 Å². The van der Waals surface area contributed by atoms with Crippen LogP contribution in [0.5, 0.6) is 0 Å². The maximum absolute atomic E-state index is 5.82. The standard InChI is InChI=1S/C10H16N4/c1-2-8-9-7(10(11)13-12-9)5-14(8)6-3-4-6/h6,8H,2-5H2,1H3,(H3,11,12,13). The summed E-state index contributed by atoms with van der Waals surface area (Å²) in [7, 11) is 0. The van der Waals surface area contributed by atoms with E-state index in [0.717, 1.165) is 19.0 Å². The van der Waals surface area contributed by atoms with Crippen LogP contribution in [-0.2, 0) is 6.54 Å². The average Bonchev–Trinajstić information content (AvgIpc) is 2.87. The molecule has 1 saturated carbocycles. The molecule has 1 aliphatic carbocycles. The molecule has 4 nitrogen and oxygen atoms in total. The molecule has 1 atom stereocenters. The van der Waals surface area contributed by atoms with Crippen LogP contribution in [-0.4, -0.2) is 21.1 Å². The lowest BCUT2D eigenvalue weighted by molar-refractivity contribution is 0.196. The largest absolute Gasteiger partial charge is 0.382 e. The van der Waals surface area contributed by atoms with E-state index in [1.807, 2.05) is 0 Å². The maximum atomic E-state index is 5.82. The molecule has 0 aromatic carbocycles. The van der Waals surface area contributed by atoms with Gasteiger partial charge in [-0.05, 0) is 19.3 Å². The molecule has 0 bridgehead atoms. The molecule has 1 unspecified atom stereocenters. The summed E-state index contributed by atoms with van der Waals surface area (Å²) in [5, 5.41) is 7.16. The molecule has 76 valence electrons. The Morgan fingerprint density at radius 1 is 1.57 bits per heavy atom. The van der Waals surface area contributed by atoms with E-state index >= 15 is 0 Å². The molecular formula is C10H16N4. The highest BCUT2D eigenvalue weighted by atomic mass is 15.3. The first-order chi connectivity index (χ1) is 6.81. The number of anilines is 1. The van der Waals surface area contributed by atoms with E-state index in [4.69, 9.17) is 5.73 Å². The van der Waals surface area contributed by atoms with Crippen LogP contribution in [0.1, 0.15) is 43.5 Å². The van der Waals surface area contributed by atoms with Crippen LogP contribution >= 0.6 is 0 Å². The van der Waals surface area contributed by atoms with Crippen molar-refractivity contribution in [2.45, 2.75) is 44.8 Å². The number of aromatic nitrogens is 2. The monoisotopic (exact) mass is 192 g/mol. The van der Waals surface area contributed by atoms with Crippen molar-refractivity contribution in [1.29, 1.82) is 0 Å². The zero-order valence-corrected chi connectivity index (χ0v) is 8.45. The SMILES string of the molecule is CCC1c2[nH]nc(N)c2CN1C1CC1. The highest BCUT2D eigenvalue weighted by molar-refractivity contribution is 5.45. The fourth-order valence-corrected chi connectivity index (χ4v) is 2.52. The second kappa shape index (κ2) is 2.73. The van der Waals surface area contributed by atoms with Crippen LogP contribution in [0.15, 0.2) is 0 Å². The lowest BCUT2D eigenvalue weighted by Crippen LogP contribution is -2.24. The van der Waals surface area contributed by atoms with Crippen LogP contribution in [0.25, 0.3) is 0 Å². The second-order valence-electron chi connectivity index (χ2n) is 4.33. The zero-order valence-electron chi connectivity index (χ0n) is 8.45. The number of nitrogens with one attached hydrogen (secondary N) is 1. The van der Waals surface area contributed by atoms with Crippen molar-refractivity contribution in [2.24, 2.45) is 0 Å². The molecular weight excluding hydrogens is 176 g/mol. The number of hydrogen-bond donors (Lipinski definition) is 2. The molecule has 2 heterocycles. The van der Waals surface area contributed by atoms with E-state index < -0.39 is 0 Å². The number of aromatic amines is 1. The van der Waals surface area contributed by atoms with Gasteiger partial charge in [-0.2, -0.15) is 5.10 Å². The summed E-state index contributed by atoms with van der Waals surface area (Å²) in [6.07, 6.45) is 3.85. The van der Waals surface area contributed by atoms with Crippen molar-refractivity contribution >= 4 is 5.82 Å². The Bertz CT molecular complexity index is 353. The molecule has 3 rings (SSSR count). The van der Waals surface area contributed by atoms with Crippen LogP contribution < -0.4 is 5.73 Å². The number of hydrogen-bond acceptors (Lipinski definition) is 3. The Morgan fingerprint density at radius 2 is 2.36 bits per heavy atom. The molecule has 4 heteroatoms. The van der Waals surface area contributed by atoms with Gasteiger partial charge in [0.2, 0.25) is 0 Å². The van der Waals surface area contributed by atoms with E-state index in [2.05, 4.69) is 22.0 Å². The van der Waals surface area contributed by atoms with Crippen molar-refractivity contribution < 1.29 is 0 Å². The Labute approximate surface area is 83.5 Å². The van der Waals surface area contributed by atoms with Gasteiger partial charge in [0, 0.05) is 18.2 Å². The van der Waals surface area contributed by atoms with E-state index in [0.29, 0.717) is 11.9 Å². The van der Waals surface area contributed by atoms with Crippen molar-refractivity contribution in [3.8, 4) is 0 Å². The third-order valence-corrected chi connectivity index (χ3v) is 3.41. The van der Waals surface area contributed by atoms with Gasteiger partial charge in [0.05, 0.1) is 11.7 Å². The van der Waals surface area contributed by atoms with Gasteiger partial charge in [-0.25, -0.2) is 0 Å². The molecule has 14 heavy (non-hydrogen) atoms. The van der Waals surface area contributed by atoms with Crippen LogP contribution in [0.4, 0.5) is 5.82 Å². The fourth-order valence-electron chi connectivity index (χ4n) is 2.52. The minimum atomic E-state index is 0.530. The molecule has 1 aromatic rings. The van der Waals surface area contributed by atoms with E-state index in [1.165, 1.54) is 24.1 Å². The summed E-state index contributed by atoms with van der Waals surface area (Å²) < 4.78 is 0. The summed E-state index contributed by atoms with van der Waals surface area (Å²) in [6, 6.07) is 1.34. The number of rotatable bonds is 2. The lowest BCUT2D eigenvalue weighted by atomic mass is 10.1. The molecule has 0 radical (unpaired) electrons. The highest BCUT2D eigenvalue weighted by Gasteiger charge is 2.40. The van der Waals surface area contributed by atoms with Crippen molar-refractivity contribution in [2.75, 3.05) is 5.73 Å². The molecule has 3 N–H and O–H groups in total. The molecule has 0 saturated heterocycles. The van der Waals surface area contributed by atoms with Gasteiger partial charge in [-0.15, -0.1) is 0 Å². The average molecular weight is 192 g/mol. The van der Waals surface area contributed by atoms with Crippen molar-refractivity contribution in [3.05, 3.63) is 11.3 Å².